The fourth-order valence-corrected chi connectivity index (χ4v) is 5.78. The van der Waals surface area contributed by atoms with E-state index in [4.69, 9.17) is 42.5 Å². The predicted octanol–water partition coefficient (Wildman–Crippen LogP) is 3.33. The summed E-state index contributed by atoms with van der Waals surface area (Å²) in [7, 11) is -8.57. The first-order valence-electron chi connectivity index (χ1n) is 8.15. The maximum atomic E-state index is 12.3. The highest BCUT2D eigenvalue weighted by molar-refractivity contribution is 7.92. The summed E-state index contributed by atoms with van der Waals surface area (Å²) < 4.78 is 49.4. The van der Waals surface area contributed by atoms with Gasteiger partial charge in [0.25, 0.3) is 10.0 Å². The second-order valence-corrected chi connectivity index (χ2v) is 11.1. The van der Waals surface area contributed by atoms with Crippen molar-refractivity contribution in [1.29, 1.82) is 0 Å². The van der Waals surface area contributed by atoms with Crippen LogP contribution >= 0.6 is 42.1 Å². The number of nitrogens with one attached hydrogen (secondary N) is 1. The van der Waals surface area contributed by atoms with Crippen LogP contribution in [-0.4, -0.2) is 49.5 Å². The second-order valence-electron chi connectivity index (χ2n) is 5.65. The van der Waals surface area contributed by atoms with E-state index in [1.54, 1.807) is 12.1 Å². The van der Waals surface area contributed by atoms with Gasteiger partial charge in [0, 0.05) is 22.5 Å². The molecule has 0 radical (unpaired) electrons. The van der Waals surface area contributed by atoms with Crippen LogP contribution in [0.1, 0.15) is 12.8 Å². The summed E-state index contributed by atoms with van der Waals surface area (Å²) in [6.45, 7) is 0.751. The maximum absolute atomic E-state index is 12.3. The van der Waals surface area contributed by atoms with Crippen LogP contribution in [0.5, 0.6) is 11.5 Å². The molecule has 0 aliphatic heterocycles. The lowest BCUT2D eigenvalue weighted by Crippen LogP contribution is -2.23. The Bertz CT molecular complexity index is 898. The summed E-state index contributed by atoms with van der Waals surface area (Å²) in [5, 5.41) is 0.604. The van der Waals surface area contributed by atoms with E-state index in [-0.39, 0.29) is 4.21 Å². The zero-order valence-electron chi connectivity index (χ0n) is 14.6. The highest BCUT2D eigenvalue weighted by atomic mass is 35.5. The molecule has 13 heteroatoms. The molecule has 0 atom stereocenters. The third kappa shape index (κ3) is 7.03. The topological polar surface area (TPSA) is 122 Å². The summed E-state index contributed by atoms with van der Waals surface area (Å²) in [5.74, 6) is 1.80. The van der Waals surface area contributed by atoms with E-state index in [1.807, 2.05) is 4.72 Å². The molecular weight excluding hydrogens is 472 g/mol. The first-order chi connectivity index (χ1) is 13.2. The smallest absolute Gasteiger partial charge is 0.340 e. The maximum Gasteiger partial charge on any atom is 0.340 e. The highest BCUT2D eigenvalue weighted by Gasteiger charge is 2.23. The normalized spacial score (nSPS) is 12.4. The van der Waals surface area contributed by atoms with E-state index in [0.717, 1.165) is 11.3 Å². The molecule has 0 saturated heterocycles. The van der Waals surface area contributed by atoms with Crippen LogP contribution in [0.4, 0.5) is 0 Å². The lowest BCUT2D eigenvalue weighted by atomic mass is 10.2. The monoisotopic (exact) mass is 491 g/mol. The van der Waals surface area contributed by atoms with Crippen molar-refractivity contribution in [2.75, 3.05) is 31.3 Å². The standard InChI is InChI=1S/C15H20Cl2NO7PS2/c16-3-1-5-24-12-7-11-8-15(28(22,23)18-10-26(19,20)21)27-14(11)9-13(12)25-6-2-4-17/h7-9,18H,1-6,10H2,(H2,19,20,21). The molecule has 158 valence electrons. The molecule has 0 aliphatic rings. The van der Waals surface area contributed by atoms with Crippen molar-refractivity contribution in [3.05, 3.63) is 18.2 Å². The van der Waals surface area contributed by atoms with Gasteiger partial charge in [-0.15, -0.1) is 34.5 Å². The molecule has 28 heavy (non-hydrogen) atoms. The Morgan fingerprint density at radius 1 is 1.04 bits per heavy atom. The number of sulfonamides is 1. The first kappa shape index (κ1) is 23.7. The van der Waals surface area contributed by atoms with Gasteiger partial charge >= 0.3 is 7.60 Å². The van der Waals surface area contributed by atoms with Crippen molar-refractivity contribution < 1.29 is 32.2 Å². The van der Waals surface area contributed by atoms with Crippen LogP contribution in [0, 0.1) is 0 Å². The molecule has 0 saturated carbocycles. The minimum atomic E-state index is -4.51. The van der Waals surface area contributed by atoms with E-state index < -0.39 is 23.9 Å². The number of rotatable bonds is 12. The van der Waals surface area contributed by atoms with E-state index in [1.165, 1.54) is 6.07 Å². The highest BCUT2D eigenvalue weighted by Crippen LogP contribution is 2.39. The number of halogens is 2. The fraction of sp³-hybridized carbons (Fsp3) is 0.467. The van der Waals surface area contributed by atoms with Crippen LogP contribution < -0.4 is 14.2 Å². The number of hydrogen-bond donors (Lipinski definition) is 3. The van der Waals surface area contributed by atoms with Crippen molar-refractivity contribution in [3.63, 3.8) is 0 Å². The summed E-state index contributed by atoms with van der Waals surface area (Å²) in [6, 6.07) is 4.75. The van der Waals surface area contributed by atoms with E-state index in [0.29, 0.717) is 59.4 Å². The van der Waals surface area contributed by atoms with Gasteiger partial charge < -0.3 is 19.3 Å². The Labute approximate surface area is 177 Å². The molecule has 0 fully saturated rings. The lowest BCUT2D eigenvalue weighted by Gasteiger charge is -2.12. The van der Waals surface area contributed by atoms with E-state index in [9.17, 15) is 13.0 Å². The number of ether oxygens (including phenoxy) is 2. The van der Waals surface area contributed by atoms with Crippen molar-refractivity contribution in [1.82, 2.24) is 4.72 Å². The number of thiophene rings is 1. The number of fused-ring (bicyclic) bond motifs is 1. The van der Waals surface area contributed by atoms with Gasteiger partial charge in [-0.3, -0.25) is 4.57 Å². The zero-order valence-corrected chi connectivity index (χ0v) is 18.7. The lowest BCUT2D eigenvalue weighted by molar-refractivity contribution is 0.270. The van der Waals surface area contributed by atoms with Crippen LogP contribution in [0.25, 0.3) is 10.1 Å². The zero-order chi connectivity index (χ0) is 20.8. The summed E-state index contributed by atoms with van der Waals surface area (Å²) in [6.07, 6.45) is 0.302. The third-order valence-electron chi connectivity index (χ3n) is 3.36. The average molecular weight is 492 g/mol. The van der Waals surface area contributed by atoms with Gasteiger partial charge in [0.05, 0.1) is 13.2 Å². The minimum absolute atomic E-state index is 0.0689. The van der Waals surface area contributed by atoms with Crippen molar-refractivity contribution in [2.45, 2.75) is 17.1 Å². The summed E-state index contributed by atoms with van der Waals surface area (Å²) in [4.78, 5) is 17.8. The molecule has 2 rings (SSSR count). The molecule has 8 nitrogen and oxygen atoms in total. The molecule has 3 N–H and O–H groups in total. The number of benzene rings is 1. The van der Waals surface area contributed by atoms with Crippen molar-refractivity contribution in [2.24, 2.45) is 0 Å². The number of alkyl halides is 2. The molecule has 0 amide bonds. The van der Waals surface area contributed by atoms with Gasteiger partial charge in [-0.2, -0.15) is 4.72 Å². The van der Waals surface area contributed by atoms with E-state index in [2.05, 4.69) is 0 Å². The van der Waals surface area contributed by atoms with Gasteiger partial charge in [-0.05, 0) is 30.4 Å². The van der Waals surface area contributed by atoms with Gasteiger partial charge in [0.2, 0.25) is 0 Å². The first-order valence-corrected chi connectivity index (χ1v) is 13.3. The number of hydrogen-bond acceptors (Lipinski definition) is 6. The van der Waals surface area contributed by atoms with Crippen molar-refractivity contribution in [3.8, 4) is 11.5 Å². The Kier molecular flexibility index (Phi) is 8.84. The Hall–Kier alpha value is -0.580. The third-order valence-corrected chi connectivity index (χ3v) is 7.65. The average Bonchev–Trinajstić information content (AvgIpc) is 3.04. The van der Waals surface area contributed by atoms with Gasteiger partial charge in [-0.1, -0.05) is 0 Å². The van der Waals surface area contributed by atoms with Crippen LogP contribution in [0.15, 0.2) is 22.4 Å². The molecule has 0 bridgehead atoms. The molecule has 2 aromatic rings. The van der Waals surface area contributed by atoms with Crippen LogP contribution in [-0.2, 0) is 14.6 Å². The van der Waals surface area contributed by atoms with Crippen molar-refractivity contribution >= 4 is 62.2 Å². The van der Waals surface area contributed by atoms with E-state index >= 15 is 0 Å². The summed E-state index contributed by atoms with van der Waals surface area (Å²) >= 11 is 12.3. The van der Waals surface area contributed by atoms with Gasteiger partial charge in [-0.25, -0.2) is 8.42 Å². The Morgan fingerprint density at radius 3 is 2.14 bits per heavy atom. The molecule has 1 aromatic carbocycles. The predicted molar refractivity (Wildman–Crippen MR) is 111 cm³/mol. The molecule has 0 spiro atoms. The largest absolute Gasteiger partial charge is 0.490 e. The molecular formula is C15H20Cl2NO7PS2. The van der Waals surface area contributed by atoms with Crippen LogP contribution in [0.3, 0.4) is 0 Å². The quantitative estimate of drug-likeness (QED) is 0.236. The molecule has 0 unspecified atom stereocenters. The summed E-state index contributed by atoms with van der Waals surface area (Å²) in [5.41, 5.74) is 0. The fourth-order valence-electron chi connectivity index (χ4n) is 2.09. The SMILES string of the molecule is O=P(O)(O)CNS(=O)(=O)c1cc2cc(OCCCCl)c(OCCCCl)cc2s1. The second kappa shape index (κ2) is 10.4. The minimum Gasteiger partial charge on any atom is -0.490 e. The van der Waals surface area contributed by atoms with Gasteiger partial charge in [0.15, 0.2) is 11.5 Å². The van der Waals surface area contributed by atoms with Crippen LogP contribution in [0.2, 0.25) is 0 Å². The molecule has 0 aliphatic carbocycles. The molecule has 1 heterocycles. The van der Waals surface area contributed by atoms with Gasteiger partial charge in [0.1, 0.15) is 10.5 Å². The Balaban J connectivity index is 2.33. The molecule has 1 aromatic heterocycles. The Morgan fingerprint density at radius 2 is 1.61 bits per heavy atom.